The highest BCUT2D eigenvalue weighted by Gasteiger charge is 2.26. The van der Waals surface area contributed by atoms with Crippen LogP contribution >= 0.6 is 27.3 Å². The molecule has 0 fully saturated rings. The SMILES string of the molecule is COc1c(C(=O)NC2CCOc3ccccc32)sc2c(Br)nccc12. The highest BCUT2D eigenvalue weighted by Crippen LogP contribution is 2.41. The summed E-state index contributed by atoms with van der Waals surface area (Å²) in [6.07, 6.45) is 2.43. The van der Waals surface area contributed by atoms with E-state index in [0.717, 1.165) is 27.8 Å². The normalized spacial score (nSPS) is 16.2. The van der Waals surface area contributed by atoms with Gasteiger partial charge in [-0.25, -0.2) is 4.98 Å². The summed E-state index contributed by atoms with van der Waals surface area (Å²) in [5.74, 6) is 1.27. The highest BCUT2D eigenvalue weighted by molar-refractivity contribution is 9.10. The molecule has 5 nitrogen and oxygen atoms in total. The molecule has 0 aliphatic carbocycles. The largest absolute Gasteiger partial charge is 0.494 e. The minimum atomic E-state index is -0.147. The zero-order valence-electron chi connectivity index (χ0n) is 13.4. The van der Waals surface area contributed by atoms with Crippen molar-refractivity contribution in [2.75, 3.05) is 13.7 Å². The summed E-state index contributed by atoms with van der Waals surface area (Å²) in [6.45, 7) is 0.584. The van der Waals surface area contributed by atoms with Crippen LogP contribution in [-0.2, 0) is 0 Å². The van der Waals surface area contributed by atoms with Gasteiger partial charge in [0.15, 0.2) is 0 Å². The Hall–Kier alpha value is -2.12. The first-order chi connectivity index (χ1) is 12.2. The number of amides is 1. The van der Waals surface area contributed by atoms with Crippen molar-refractivity contribution in [3.63, 3.8) is 0 Å². The van der Waals surface area contributed by atoms with Crippen molar-refractivity contribution in [1.82, 2.24) is 10.3 Å². The molecule has 0 spiro atoms. The molecular formula is C18H15BrN2O3S. The second kappa shape index (κ2) is 6.65. The number of para-hydroxylation sites is 1. The summed E-state index contributed by atoms with van der Waals surface area (Å²) in [5, 5.41) is 4.00. The van der Waals surface area contributed by atoms with E-state index in [9.17, 15) is 4.79 Å². The number of methoxy groups -OCH3 is 1. The van der Waals surface area contributed by atoms with Crippen molar-refractivity contribution in [2.24, 2.45) is 0 Å². The van der Waals surface area contributed by atoms with Crippen molar-refractivity contribution < 1.29 is 14.3 Å². The molecule has 2 aromatic heterocycles. The van der Waals surface area contributed by atoms with Crippen LogP contribution in [0.4, 0.5) is 0 Å². The van der Waals surface area contributed by atoms with Gasteiger partial charge in [-0.2, -0.15) is 0 Å². The van der Waals surface area contributed by atoms with Gasteiger partial charge < -0.3 is 14.8 Å². The average molecular weight is 419 g/mol. The number of fused-ring (bicyclic) bond motifs is 2. The maximum atomic E-state index is 12.9. The molecular weight excluding hydrogens is 404 g/mol. The van der Waals surface area contributed by atoms with E-state index in [1.165, 1.54) is 11.3 Å². The number of thiophene rings is 1. The lowest BCUT2D eigenvalue weighted by molar-refractivity contribution is 0.0926. The van der Waals surface area contributed by atoms with Gasteiger partial charge in [0.25, 0.3) is 5.91 Å². The average Bonchev–Trinajstić information content (AvgIpc) is 3.02. The molecule has 1 aromatic carbocycles. The smallest absolute Gasteiger partial charge is 0.265 e. The van der Waals surface area contributed by atoms with Crippen LogP contribution in [0.25, 0.3) is 10.1 Å². The molecule has 1 atom stereocenters. The molecule has 1 N–H and O–H groups in total. The van der Waals surface area contributed by atoms with Crippen molar-refractivity contribution in [3.05, 3.63) is 51.6 Å². The number of hydrogen-bond donors (Lipinski definition) is 1. The van der Waals surface area contributed by atoms with Crippen LogP contribution < -0.4 is 14.8 Å². The van der Waals surface area contributed by atoms with Crippen LogP contribution in [-0.4, -0.2) is 24.6 Å². The summed E-state index contributed by atoms with van der Waals surface area (Å²) in [7, 11) is 1.58. The molecule has 25 heavy (non-hydrogen) atoms. The third-order valence-electron chi connectivity index (χ3n) is 4.19. The minimum Gasteiger partial charge on any atom is -0.494 e. The molecule has 0 saturated heterocycles. The fourth-order valence-electron chi connectivity index (χ4n) is 3.04. The van der Waals surface area contributed by atoms with Gasteiger partial charge in [-0.05, 0) is 28.1 Å². The van der Waals surface area contributed by atoms with Crippen molar-refractivity contribution >= 4 is 43.3 Å². The lowest BCUT2D eigenvalue weighted by Gasteiger charge is -2.26. The fourth-order valence-corrected chi connectivity index (χ4v) is 4.66. The first-order valence-corrected chi connectivity index (χ1v) is 9.43. The van der Waals surface area contributed by atoms with Crippen molar-refractivity contribution in [2.45, 2.75) is 12.5 Å². The molecule has 0 bridgehead atoms. The predicted octanol–water partition coefficient (Wildman–Crippen LogP) is 4.32. The van der Waals surface area contributed by atoms with Gasteiger partial charge in [-0.3, -0.25) is 4.79 Å². The van der Waals surface area contributed by atoms with E-state index in [2.05, 4.69) is 26.2 Å². The molecule has 3 heterocycles. The summed E-state index contributed by atoms with van der Waals surface area (Å²) >= 11 is 4.81. The van der Waals surface area contributed by atoms with E-state index in [1.807, 2.05) is 30.3 Å². The Morgan fingerprint density at radius 1 is 1.40 bits per heavy atom. The zero-order valence-corrected chi connectivity index (χ0v) is 15.8. The standard InChI is InChI=1S/C18H15BrN2O3S/c1-23-14-11-6-8-20-17(19)15(11)25-16(14)18(22)21-12-7-9-24-13-5-3-2-4-10(12)13/h2-6,8,12H,7,9H2,1H3,(H,21,22). The van der Waals surface area contributed by atoms with E-state index in [0.29, 0.717) is 21.8 Å². The number of pyridine rings is 1. The molecule has 3 aromatic rings. The van der Waals surface area contributed by atoms with Crippen LogP contribution in [0.3, 0.4) is 0 Å². The molecule has 0 radical (unpaired) electrons. The maximum Gasteiger partial charge on any atom is 0.265 e. The second-order valence-electron chi connectivity index (χ2n) is 5.64. The van der Waals surface area contributed by atoms with Gasteiger partial charge >= 0.3 is 0 Å². The van der Waals surface area contributed by atoms with Crippen LogP contribution in [0, 0.1) is 0 Å². The van der Waals surface area contributed by atoms with Gasteiger partial charge in [0.1, 0.15) is 21.0 Å². The third-order valence-corrected chi connectivity index (χ3v) is 6.25. The Morgan fingerprint density at radius 3 is 3.08 bits per heavy atom. The zero-order chi connectivity index (χ0) is 17.4. The Morgan fingerprint density at radius 2 is 2.24 bits per heavy atom. The minimum absolute atomic E-state index is 0.0751. The third kappa shape index (κ3) is 2.87. The maximum absolute atomic E-state index is 12.9. The molecule has 1 amide bonds. The van der Waals surface area contributed by atoms with Gasteiger partial charge in [-0.15, -0.1) is 11.3 Å². The number of carbonyl (C=O) groups excluding carboxylic acids is 1. The number of halogens is 1. The summed E-state index contributed by atoms with van der Waals surface area (Å²) in [4.78, 5) is 17.7. The first kappa shape index (κ1) is 16.4. The molecule has 7 heteroatoms. The van der Waals surface area contributed by atoms with Gasteiger partial charge in [-0.1, -0.05) is 18.2 Å². The molecule has 1 unspecified atom stereocenters. The van der Waals surface area contributed by atoms with Crippen LogP contribution in [0.2, 0.25) is 0 Å². The van der Waals surface area contributed by atoms with Crippen LogP contribution in [0.5, 0.6) is 11.5 Å². The van der Waals surface area contributed by atoms with Gasteiger partial charge in [0.05, 0.1) is 24.5 Å². The van der Waals surface area contributed by atoms with Gasteiger partial charge in [0.2, 0.25) is 0 Å². The highest BCUT2D eigenvalue weighted by atomic mass is 79.9. The lowest BCUT2D eigenvalue weighted by atomic mass is 10.0. The number of ether oxygens (including phenoxy) is 2. The second-order valence-corrected chi connectivity index (χ2v) is 7.42. The molecule has 4 rings (SSSR count). The monoisotopic (exact) mass is 418 g/mol. The molecule has 0 saturated carbocycles. The Labute approximate surface area is 157 Å². The summed E-state index contributed by atoms with van der Waals surface area (Å²) < 4.78 is 12.8. The van der Waals surface area contributed by atoms with Crippen LogP contribution in [0.1, 0.15) is 27.7 Å². The molecule has 1 aliphatic rings. The Bertz CT molecular complexity index is 957. The fraction of sp³-hybridized carbons (Fsp3) is 0.222. The van der Waals surface area contributed by atoms with E-state index in [1.54, 1.807) is 13.3 Å². The predicted molar refractivity (Wildman–Crippen MR) is 101 cm³/mol. The summed E-state index contributed by atoms with van der Waals surface area (Å²) in [5.41, 5.74) is 1.00. The Kier molecular flexibility index (Phi) is 4.35. The number of aromatic nitrogens is 1. The van der Waals surface area contributed by atoms with E-state index >= 15 is 0 Å². The van der Waals surface area contributed by atoms with Crippen molar-refractivity contribution in [3.8, 4) is 11.5 Å². The van der Waals surface area contributed by atoms with E-state index in [4.69, 9.17) is 9.47 Å². The quantitative estimate of drug-likeness (QED) is 0.643. The van der Waals surface area contributed by atoms with E-state index < -0.39 is 0 Å². The number of benzene rings is 1. The number of nitrogens with zero attached hydrogens (tertiary/aromatic N) is 1. The number of rotatable bonds is 3. The topological polar surface area (TPSA) is 60.5 Å². The lowest BCUT2D eigenvalue weighted by Crippen LogP contribution is -2.31. The van der Waals surface area contributed by atoms with E-state index in [-0.39, 0.29) is 11.9 Å². The van der Waals surface area contributed by atoms with Crippen LogP contribution in [0.15, 0.2) is 41.1 Å². The number of carbonyl (C=O) groups is 1. The summed E-state index contributed by atoms with van der Waals surface area (Å²) in [6, 6.07) is 9.58. The van der Waals surface area contributed by atoms with Gasteiger partial charge in [0, 0.05) is 23.6 Å². The first-order valence-electron chi connectivity index (χ1n) is 7.82. The Balaban J connectivity index is 1.69. The van der Waals surface area contributed by atoms with Crippen molar-refractivity contribution in [1.29, 1.82) is 0 Å². The molecule has 1 aliphatic heterocycles. The number of hydrogen-bond acceptors (Lipinski definition) is 5. The molecule has 128 valence electrons. The number of nitrogens with one attached hydrogen (secondary N) is 1.